The molecule has 0 bridgehead atoms. The van der Waals surface area contributed by atoms with Crippen LogP contribution in [0.5, 0.6) is 0 Å². The lowest BCUT2D eigenvalue weighted by Gasteiger charge is -2.41. The number of hydrogen-bond donors (Lipinski definition) is 2. The number of alkyl halides is 3. The zero-order chi connectivity index (χ0) is 21.2. The third kappa shape index (κ3) is 3.39. The average Bonchev–Trinajstić information content (AvgIpc) is 3.05. The van der Waals surface area contributed by atoms with Crippen LogP contribution in [0.3, 0.4) is 0 Å². The van der Waals surface area contributed by atoms with Crippen LogP contribution < -0.4 is 16.4 Å². The fourth-order valence-electron chi connectivity index (χ4n) is 3.72. The summed E-state index contributed by atoms with van der Waals surface area (Å²) in [6.07, 6.45) is -4.36. The number of thioether (sulfide) groups is 1. The summed E-state index contributed by atoms with van der Waals surface area (Å²) in [7, 11) is 0. The Morgan fingerprint density at radius 1 is 1.21 bits per heavy atom. The zero-order valence-corrected chi connectivity index (χ0v) is 17.3. The molecule has 1 aromatic heterocycles. The molecule has 28 heavy (non-hydrogen) atoms. The zero-order valence-electron chi connectivity index (χ0n) is 15.6. The van der Waals surface area contributed by atoms with Crippen LogP contribution in [0.2, 0.25) is 0 Å². The maximum atomic E-state index is 13.6. The molecular weight excluding hydrogens is 415 g/mol. The number of primary amides is 2. The SMILES string of the molecule is CC1(C)Cc2c(sc(N3C(C(N)=O)=CSC3C(F)(F)F)c2C(N)=O)C(C)(C)O1. The van der Waals surface area contributed by atoms with Gasteiger partial charge in [-0.25, -0.2) is 0 Å². The highest BCUT2D eigenvalue weighted by atomic mass is 32.2. The topological polar surface area (TPSA) is 98.6 Å². The fourth-order valence-corrected chi connectivity index (χ4v) is 6.17. The minimum atomic E-state index is -4.66. The molecule has 0 aromatic carbocycles. The Morgan fingerprint density at radius 2 is 1.82 bits per heavy atom. The van der Waals surface area contributed by atoms with Gasteiger partial charge < -0.3 is 21.1 Å². The van der Waals surface area contributed by atoms with Crippen molar-refractivity contribution in [1.82, 2.24) is 0 Å². The van der Waals surface area contributed by atoms with Crippen molar-refractivity contribution in [1.29, 1.82) is 0 Å². The molecule has 6 nitrogen and oxygen atoms in total. The van der Waals surface area contributed by atoms with Crippen molar-refractivity contribution in [2.75, 3.05) is 4.90 Å². The molecule has 2 aliphatic heterocycles. The highest BCUT2D eigenvalue weighted by Crippen LogP contribution is 2.53. The second-order valence-corrected chi connectivity index (χ2v) is 9.72. The molecule has 0 saturated carbocycles. The number of anilines is 1. The lowest BCUT2D eigenvalue weighted by Crippen LogP contribution is -2.43. The summed E-state index contributed by atoms with van der Waals surface area (Å²) in [6.45, 7) is 7.22. The highest BCUT2D eigenvalue weighted by molar-refractivity contribution is 8.03. The number of hydrogen-bond acceptors (Lipinski definition) is 6. The molecule has 0 fully saturated rings. The molecule has 154 valence electrons. The first-order valence-electron chi connectivity index (χ1n) is 8.33. The van der Waals surface area contributed by atoms with Gasteiger partial charge in [-0.3, -0.25) is 9.59 Å². The summed E-state index contributed by atoms with van der Waals surface area (Å²) in [4.78, 5) is 25.5. The number of carbonyl (C=O) groups excluding carboxylic acids is 2. The maximum absolute atomic E-state index is 13.6. The third-order valence-electron chi connectivity index (χ3n) is 4.47. The molecule has 2 aliphatic rings. The molecule has 1 aromatic rings. The quantitative estimate of drug-likeness (QED) is 0.760. The van der Waals surface area contributed by atoms with E-state index in [0.29, 0.717) is 28.6 Å². The standard InChI is InChI=1S/C17H20F3N3O3S2/c1-15(2)5-7-9(12(22)25)13(28-10(7)16(3,4)26-15)23-8(11(21)24)6-27-14(23)17(18,19)20/h6,14H,5H2,1-4H3,(H2,21,24)(H2,22,25). The number of halogens is 3. The number of carbonyl (C=O) groups is 2. The minimum absolute atomic E-state index is 0.0200. The van der Waals surface area contributed by atoms with Crippen molar-refractivity contribution in [3.63, 3.8) is 0 Å². The molecule has 3 heterocycles. The van der Waals surface area contributed by atoms with E-state index in [-0.39, 0.29) is 16.3 Å². The number of thiophene rings is 1. The molecule has 0 radical (unpaired) electrons. The first kappa shape index (κ1) is 21.0. The van der Waals surface area contributed by atoms with Gasteiger partial charge in [0.25, 0.3) is 11.8 Å². The van der Waals surface area contributed by atoms with E-state index in [4.69, 9.17) is 16.2 Å². The fraction of sp³-hybridized carbons (Fsp3) is 0.529. The number of nitrogens with zero attached hydrogens (tertiary/aromatic N) is 1. The van der Waals surface area contributed by atoms with E-state index >= 15 is 0 Å². The van der Waals surface area contributed by atoms with Gasteiger partial charge in [0, 0.05) is 16.7 Å². The first-order chi connectivity index (χ1) is 12.7. The third-order valence-corrected chi connectivity index (χ3v) is 7.10. The number of nitrogens with two attached hydrogens (primary N) is 2. The van der Waals surface area contributed by atoms with E-state index in [2.05, 4.69) is 0 Å². The second kappa shape index (κ2) is 6.39. The molecule has 3 rings (SSSR count). The van der Waals surface area contributed by atoms with Gasteiger partial charge >= 0.3 is 6.18 Å². The molecule has 1 atom stereocenters. The van der Waals surface area contributed by atoms with E-state index in [1.54, 1.807) is 13.8 Å². The Morgan fingerprint density at radius 3 is 2.32 bits per heavy atom. The molecule has 0 saturated heterocycles. The summed E-state index contributed by atoms with van der Waals surface area (Å²) in [5.41, 5.74) is 9.60. The van der Waals surface area contributed by atoms with Gasteiger partial charge in [0.15, 0.2) is 5.37 Å². The Bertz CT molecular complexity index is 890. The van der Waals surface area contributed by atoms with Crippen molar-refractivity contribution in [2.45, 2.75) is 56.9 Å². The van der Waals surface area contributed by atoms with Crippen molar-refractivity contribution >= 4 is 39.9 Å². The van der Waals surface area contributed by atoms with Crippen molar-refractivity contribution in [3.8, 4) is 0 Å². The van der Waals surface area contributed by atoms with Crippen LogP contribution in [0.1, 0.15) is 48.5 Å². The summed E-state index contributed by atoms with van der Waals surface area (Å²) in [6, 6.07) is 0. The number of rotatable bonds is 3. The Kier molecular flexibility index (Phi) is 4.80. The van der Waals surface area contributed by atoms with Crippen molar-refractivity contribution in [2.24, 2.45) is 11.5 Å². The monoisotopic (exact) mass is 435 g/mol. The Labute approximate surface area is 168 Å². The van der Waals surface area contributed by atoms with Gasteiger partial charge in [0.05, 0.1) is 16.8 Å². The summed E-state index contributed by atoms with van der Waals surface area (Å²) in [5, 5.41) is -1.05. The van der Waals surface area contributed by atoms with E-state index < -0.39 is 34.6 Å². The predicted molar refractivity (Wildman–Crippen MR) is 102 cm³/mol. The maximum Gasteiger partial charge on any atom is 0.418 e. The molecule has 11 heteroatoms. The summed E-state index contributed by atoms with van der Waals surface area (Å²) < 4.78 is 47.0. The molecule has 0 spiro atoms. The predicted octanol–water partition coefficient (Wildman–Crippen LogP) is 3.20. The summed E-state index contributed by atoms with van der Waals surface area (Å²) >= 11 is 1.39. The van der Waals surface area contributed by atoms with Crippen LogP contribution in [-0.2, 0) is 21.6 Å². The molecular formula is C17H20F3N3O3S2. The molecule has 2 amide bonds. The number of ether oxygens (including phenoxy) is 1. The second-order valence-electron chi connectivity index (χ2n) is 7.77. The molecule has 4 N–H and O–H groups in total. The van der Waals surface area contributed by atoms with E-state index in [1.807, 2.05) is 13.8 Å². The Balaban J connectivity index is 2.27. The van der Waals surface area contributed by atoms with Crippen LogP contribution in [0, 0.1) is 0 Å². The van der Waals surface area contributed by atoms with Crippen LogP contribution in [-0.4, -0.2) is 29.0 Å². The van der Waals surface area contributed by atoms with Gasteiger partial charge in [0.1, 0.15) is 10.7 Å². The van der Waals surface area contributed by atoms with Crippen LogP contribution >= 0.6 is 23.1 Å². The first-order valence-corrected chi connectivity index (χ1v) is 10.1. The van der Waals surface area contributed by atoms with Gasteiger partial charge in [-0.15, -0.1) is 11.3 Å². The Hall–Kier alpha value is -1.72. The average molecular weight is 435 g/mol. The molecule has 0 aliphatic carbocycles. The van der Waals surface area contributed by atoms with E-state index in [1.165, 1.54) is 0 Å². The van der Waals surface area contributed by atoms with E-state index in [0.717, 1.165) is 21.6 Å². The lowest BCUT2D eigenvalue weighted by atomic mass is 9.86. The van der Waals surface area contributed by atoms with Crippen LogP contribution in [0.4, 0.5) is 18.2 Å². The van der Waals surface area contributed by atoms with Gasteiger partial charge in [0.2, 0.25) is 0 Å². The number of amides is 2. The van der Waals surface area contributed by atoms with Gasteiger partial charge in [-0.1, -0.05) is 11.8 Å². The molecule has 1 unspecified atom stereocenters. The minimum Gasteiger partial charge on any atom is -0.365 e. The normalized spacial score (nSPS) is 23.3. The summed E-state index contributed by atoms with van der Waals surface area (Å²) in [5.74, 6) is -1.88. The van der Waals surface area contributed by atoms with Crippen LogP contribution in [0.15, 0.2) is 11.1 Å². The largest absolute Gasteiger partial charge is 0.418 e. The highest BCUT2D eigenvalue weighted by Gasteiger charge is 2.52. The lowest BCUT2D eigenvalue weighted by molar-refractivity contribution is -0.136. The van der Waals surface area contributed by atoms with Crippen molar-refractivity contribution < 1.29 is 27.5 Å². The van der Waals surface area contributed by atoms with Crippen molar-refractivity contribution in [3.05, 3.63) is 27.1 Å². The van der Waals surface area contributed by atoms with Gasteiger partial charge in [-0.05, 0) is 33.3 Å². The van der Waals surface area contributed by atoms with Gasteiger partial charge in [-0.2, -0.15) is 13.2 Å². The van der Waals surface area contributed by atoms with Crippen LogP contribution in [0.25, 0.3) is 0 Å². The van der Waals surface area contributed by atoms with E-state index in [9.17, 15) is 22.8 Å². The smallest absolute Gasteiger partial charge is 0.365 e. The number of fused-ring (bicyclic) bond motifs is 1.